The number of nitrogens with zero attached hydrogens (tertiary/aromatic N) is 3. The van der Waals surface area contributed by atoms with E-state index in [1.807, 2.05) is 0 Å². The van der Waals surface area contributed by atoms with Gasteiger partial charge in [0.2, 0.25) is 0 Å². The zero-order chi connectivity index (χ0) is 24.9. The Morgan fingerprint density at radius 3 is 2.38 bits per heavy atom. The van der Waals surface area contributed by atoms with E-state index in [2.05, 4.69) is 27.4 Å². The molecule has 186 valence electrons. The quantitative estimate of drug-likeness (QED) is 0.549. The van der Waals surface area contributed by atoms with Crippen molar-refractivity contribution in [2.75, 3.05) is 57.1 Å². The summed E-state index contributed by atoms with van der Waals surface area (Å²) in [6.45, 7) is 8.46. The number of benzene rings is 2. The molecule has 1 atom stereocenters. The summed E-state index contributed by atoms with van der Waals surface area (Å²) in [4.78, 5) is 22.0. The molecule has 2 amide bonds. The smallest absolute Gasteiger partial charge is 0.319 e. The van der Waals surface area contributed by atoms with Crippen molar-refractivity contribution in [3.8, 4) is 0 Å². The van der Waals surface area contributed by atoms with Crippen molar-refractivity contribution in [2.45, 2.75) is 24.8 Å². The standard InChI is InChI=1S/C23H32FN5O4S/c1-5-28-12-14-29(15-13-28)22-11-6-18(24)16-21(22)17(2)25-23(30)26-19-7-9-20(10-8-19)34(31,32)27(3)33-4/h6-11,16-17H,5,12-15H2,1-4H3,(H2,25,26,30). The number of carbonyl (C=O) groups excluding carboxylic acids is 1. The fourth-order valence-electron chi connectivity index (χ4n) is 3.86. The van der Waals surface area contributed by atoms with E-state index in [1.54, 1.807) is 13.0 Å². The lowest BCUT2D eigenvalue weighted by Crippen LogP contribution is -2.46. The number of piperazine rings is 1. The van der Waals surface area contributed by atoms with Crippen molar-refractivity contribution in [1.82, 2.24) is 14.7 Å². The molecule has 1 aliphatic heterocycles. The number of carbonyl (C=O) groups is 1. The molecule has 9 nitrogen and oxygen atoms in total. The molecule has 1 fully saturated rings. The van der Waals surface area contributed by atoms with Gasteiger partial charge in [0, 0.05) is 50.2 Å². The molecule has 2 N–H and O–H groups in total. The van der Waals surface area contributed by atoms with E-state index in [0.29, 0.717) is 11.3 Å². The number of urea groups is 1. The minimum Gasteiger partial charge on any atom is -0.369 e. The first-order valence-electron chi connectivity index (χ1n) is 11.1. The monoisotopic (exact) mass is 493 g/mol. The summed E-state index contributed by atoms with van der Waals surface area (Å²) in [5.74, 6) is -0.363. The van der Waals surface area contributed by atoms with Crippen molar-refractivity contribution in [3.05, 3.63) is 53.8 Å². The van der Waals surface area contributed by atoms with Crippen LogP contribution in [-0.4, -0.2) is 70.7 Å². The Balaban J connectivity index is 1.67. The summed E-state index contributed by atoms with van der Waals surface area (Å²) in [5, 5.41) is 5.53. The Morgan fingerprint density at radius 1 is 1.15 bits per heavy atom. The predicted octanol–water partition coefficient (Wildman–Crippen LogP) is 3.03. The first-order chi connectivity index (χ1) is 16.1. The molecule has 1 aliphatic rings. The van der Waals surface area contributed by atoms with E-state index in [1.165, 1.54) is 50.6 Å². The molecule has 2 aromatic rings. The second-order valence-corrected chi connectivity index (χ2v) is 10.0. The molecule has 1 saturated heterocycles. The average Bonchev–Trinajstić information content (AvgIpc) is 2.83. The van der Waals surface area contributed by atoms with E-state index in [9.17, 15) is 17.6 Å². The number of hydrogen-bond acceptors (Lipinski definition) is 6. The third-order valence-corrected chi connectivity index (χ3v) is 7.66. The van der Waals surface area contributed by atoms with Crippen LogP contribution >= 0.6 is 0 Å². The van der Waals surface area contributed by atoms with Crippen LogP contribution < -0.4 is 15.5 Å². The minimum absolute atomic E-state index is 0.0312. The van der Waals surface area contributed by atoms with Gasteiger partial charge in [0.1, 0.15) is 5.82 Å². The van der Waals surface area contributed by atoms with Gasteiger partial charge >= 0.3 is 6.03 Å². The van der Waals surface area contributed by atoms with Crippen LogP contribution in [0.4, 0.5) is 20.6 Å². The molecule has 0 saturated carbocycles. The summed E-state index contributed by atoms with van der Waals surface area (Å²) in [6, 6.07) is 9.46. The van der Waals surface area contributed by atoms with Gasteiger partial charge in [-0.05, 0) is 55.9 Å². The average molecular weight is 494 g/mol. The maximum absolute atomic E-state index is 14.1. The lowest BCUT2D eigenvalue weighted by Gasteiger charge is -2.37. The topological polar surface area (TPSA) is 94.2 Å². The lowest BCUT2D eigenvalue weighted by atomic mass is 10.0. The molecular weight excluding hydrogens is 461 g/mol. The number of amides is 2. The van der Waals surface area contributed by atoms with Crippen molar-refractivity contribution in [2.24, 2.45) is 0 Å². The Labute approximate surface area is 200 Å². The van der Waals surface area contributed by atoms with Crippen LogP contribution in [0.5, 0.6) is 0 Å². The highest BCUT2D eigenvalue weighted by molar-refractivity contribution is 7.89. The third-order valence-electron chi connectivity index (χ3n) is 5.97. The van der Waals surface area contributed by atoms with E-state index >= 15 is 0 Å². The van der Waals surface area contributed by atoms with Crippen LogP contribution in [0.2, 0.25) is 0 Å². The second kappa shape index (κ2) is 11.1. The number of nitrogens with one attached hydrogen (secondary N) is 2. The number of halogens is 1. The van der Waals surface area contributed by atoms with Gasteiger partial charge in [0.15, 0.2) is 0 Å². The van der Waals surface area contributed by atoms with Gasteiger partial charge in [-0.1, -0.05) is 11.4 Å². The van der Waals surface area contributed by atoms with Crippen molar-refractivity contribution in [1.29, 1.82) is 0 Å². The fourth-order valence-corrected chi connectivity index (χ4v) is 4.84. The number of rotatable bonds is 8. The fraction of sp³-hybridized carbons (Fsp3) is 0.435. The van der Waals surface area contributed by atoms with Crippen LogP contribution in [-0.2, 0) is 14.9 Å². The Hall–Kier alpha value is -2.73. The van der Waals surface area contributed by atoms with Crippen LogP contribution in [0.15, 0.2) is 47.4 Å². The maximum Gasteiger partial charge on any atom is 0.319 e. The molecule has 1 heterocycles. The molecule has 34 heavy (non-hydrogen) atoms. The van der Waals surface area contributed by atoms with E-state index in [-0.39, 0.29) is 10.7 Å². The van der Waals surface area contributed by atoms with Crippen LogP contribution in [0.25, 0.3) is 0 Å². The van der Waals surface area contributed by atoms with Gasteiger partial charge in [-0.15, -0.1) is 0 Å². The van der Waals surface area contributed by atoms with Crippen molar-refractivity contribution >= 4 is 27.4 Å². The van der Waals surface area contributed by atoms with Crippen LogP contribution in [0, 0.1) is 5.82 Å². The number of likely N-dealkylation sites (N-methyl/N-ethyl adjacent to an activating group) is 1. The van der Waals surface area contributed by atoms with Gasteiger partial charge < -0.3 is 20.4 Å². The number of hydroxylamine groups is 1. The van der Waals surface area contributed by atoms with E-state index in [4.69, 9.17) is 4.84 Å². The minimum atomic E-state index is -3.77. The van der Waals surface area contributed by atoms with E-state index < -0.39 is 22.1 Å². The van der Waals surface area contributed by atoms with Gasteiger partial charge in [0.05, 0.1) is 18.0 Å². The molecule has 1 unspecified atom stereocenters. The Kier molecular flexibility index (Phi) is 8.47. The molecule has 0 spiro atoms. The predicted molar refractivity (Wildman–Crippen MR) is 130 cm³/mol. The summed E-state index contributed by atoms with van der Waals surface area (Å²) in [6.07, 6.45) is 0. The summed E-state index contributed by atoms with van der Waals surface area (Å²) < 4.78 is 39.4. The molecule has 0 radical (unpaired) electrons. The molecule has 0 bridgehead atoms. The molecule has 11 heteroatoms. The summed E-state index contributed by atoms with van der Waals surface area (Å²) >= 11 is 0. The third kappa shape index (κ3) is 6.03. The largest absolute Gasteiger partial charge is 0.369 e. The van der Waals surface area contributed by atoms with Gasteiger partial charge in [-0.3, -0.25) is 4.84 Å². The highest BCUT2D eigenvalue weighted by Gasteiger charge is 2.23. The lowest BCUT2D eigenvalue weighted by molar-refractivity contribution is -0.0258. The number of sulfonamides is 1. The zero-order valence-electron chi connectivity index (χ0n) is 19.9. The second-order valence-electron chi connectivity index (χ2n) is 8.07. The first-order valence-corrected chi connectivity index (χ1v) is 12.6. The van der Waals surface area contributed by atoms with Crippen molar-refractivity contribution < 1.29 is 22.4 Å². The van der Waals surface area contributed by atoms with Crippen LogP contribution in [0.3, 0.4) is 0 Å². The summed E-state index contributed by atoms with van der Waals surface area (Å²) in [7, 11) is -1.22. The Morgan fingerprint density at radius 2 is 1.79 bits per heavy atom. The van der Waals surface area contributed by atoms with Crippen molar-refractivity contribution in [3.63, 3.8) is 0 Å². The molecular formula is C23H32FN5O4S. The van der Waals surface area contributed by atoms with Gasteiger partial charge in [-0.2, -0.15) is 0 Å². The van der Waals surface area contributed by atoms with E-state index in [0.717, 1.165) is 42.9 Å². The molecule has 0 aromatic heterocycles. The zero-order valence-corrected chi connectivity index (χ0v) is 20.7. The Bertz CT molecular complexity index is 1090. The SMILES string of the molecule is CCN1CCN(c2ccc(F)cc2C(C)NC(=O)Nc2ccc(S(=O)(=O)N(C)OC)cc2)CC1. The number of anilines is 2. The first kappa shape index (κ1) is 25.9. The molecule has 2 aromatic carbocycles. The highest BCUT2D eigenvalue weighted by atomic mass is 32.2. The normalized spacial score (nSPS) is 15.9. The van der Waals surface area contributed by atoms with Gasteiger partial charge in [-0.25, -0.2) is 17.6 Å². The van der Waals surface area contributed by atoms with Crippen LogP contribution in [0.1, 0.15) is 25.5 Å². The molecule has 0 aliphatic carbocycles. The highest BCUT2D eigenvalue weighted by Crippen LogP contribution is 2.28. The maximum atomic E-state index is 14.1. The molecule has 3 rings (SSSR count). The number of hydrogen-bond donors (Lipinski definition) is 2. The summed E-state index contributed by atoms with van der Waals surface area (Å²) in [5.41, 5.74) is 2.02. The van der Waals surface area contributed by atoms with Gasteiger partial charge in [0.25, 0.3) is 10.0 Å².